The first-order chi connectivity index (χ1) is 17.2. The van der Waals surface area contributed by atoms with Crippen molar-refractivity contribution in [3.05, 3.63) is 52.8 Å². The number of nitrogens with zero attached hydrogens (tertiary/aromatic N) is 3. The molecule has 2 amide bonds. The summed E-state index contributed by atoms with van der Waals surface area (Å²) in [5, 5.41) is 0. The van der Waals surface area contributed by atoms with Gasteiger partial charge in [0.05, 0.1) is 23.9 Å². The van der Waals surface area contributed by atoms with Crippen molar-refractivity contribution in [3.63, 3.8) is 0 Å². The van der Waals surface area contributed by atoms with Gasteiger partial charge in [-0.15, -0.1) is 0 Å². The molecule has 2 aliphatic heterocycles. The average Bonchev–Trinajstić information content (AvgIpc) is 3.56. The Labute approximate surface area is 209 Å². The molecule has 0 spiro atoms. The van der Waals surface area contributed by atoms with Gasteiger partial charge in [-0.05, 0) is 51.8 Å². The zero-order valence-electron chi connectivity index (χ0n) is 21.1. The molecule has 9 heteroatoms. The molecule has 1 aromatic heterocycles. The Kier molecular flexibility index (Phi) is 5.98. The van der Waals surface area contributed by atoms with Crippen LogP contribution in [0.3, 0.4) is 0 Å². The number of para-hydroxylation sites is 1. The number of Topliss-reactive ketones (excluding diaryl/α,β-unsaturated/α-hetero) is 1. The van der Waals surface area contributed by atoms with Crippen LogP contribution in [0.5, 0.6) is 0 Å². The van der Waals surface area contributed by atoms with E-state index >= 15 is 0 Å². The van der Waals surface area contributed by atoms with E-state index < -0.39 is 18.2 Å². The predicted molar refractivity (Wildman–Crippen MR) is 131 cm³/mol. The van der Waals surface area contributed by atoms with Crippen LogP contribution in [0.4, 0.5) is 5.69 Å². The van der Waals surface area contributed by atoms with Crippen LogP contribution in [0.25, 0.3) is 0 Å². The number of fused-ring (bicyclic) bond motifs is 3. The van der Waals surface area contributed by atoms with Crippen LogP contribution in [0.15, 0.2) is 30.3 Å². The molecule has 2 fully saturated rings. The molecular formula is C27H31N3O6. The molecule has 5 rings (SSSR count). The Morgan fingerprint density at radius 1 is 1.17 bits per heavy atom. The number of anilines is 1. The van der Waals surface area contributed by atoms with Crippen molar-refractivity contribution >= 4 is 29.3 Å². The van der Waals surface area contributed by atoms with Gasteiger partial charge in [-0.2, -0.15) is 0 Å². The number of carbonyl (C=O) groups is 4. The van der Waals surface area contributed by atoms with E-state index in [1.54, 1.807) is 37.4 Å². The van der Waals surface area contributed by atoms with Crippen molar-refractivity contribution in [2.75, 3.05) is 25.2 Å². The lowest BCUT2D eigenvalue weighted by Gasteiger charge is -2.48. The molecular weight excluding hydrogens is 462 g/mol. The Morgan fingerprint density at radius 2 is 1.89 bits per heavy atom. The van der Waals surface area contributed by atoms with E-state index in [0.29, 0.717) is 23.4 Å². The molecule has 190 valence electrons. The fourth-order valence-electron chi connectivity index (χ4n) is 5.89. The lowest BCUT2D eigenvalue weighted by molar-refractivity contribution is -0.156. The number of ketones is 1. The number of hydrogen-bond acceptors (Lipinski definition) is 6. The molecule has 2 aromatic rings. The maximum absolute atomic E-state index is 13.7. The minimum Gasteiger partial charge on any atom is -0.454 e. The van der Waals surface area contributed by atoms with E-state index in [1.165, 1.54) is 9.80 Å². The number of methoxy groups -OCH3 is 1. The van der Waals surface area contributed by atoms with Gasteiger partial charge in [0.1, 0.15) is 0 Å². The van der Waals surface area contributed by atoms with Crippen molar-refractivity contribution < 1.29 is 28.7 Å². The summed E-state index contributed by atoms with van der Waals surface area (Å²) in [7, 11) is 1.63. The van der Waals surface area contributed by atoms with Gasteiger partial charge in [-0.3, -0.25) is 19.3 Å². The quantitative estimate of drug-likeness (QED) is 0.414. The minimum absolute atomic E-state index is 0.0384. The summed E-state index contributed by atoms with van der Waals surface area (Å²) >= 11 is 0. The number of rotatable bonds is 8. The van der Waals surface area contributed by atoms with Gasteiger partial charge in [-0.1, -0.05) is 12.1 Å². The van der Waals surface area contributed by atoms with Crippen LogP contribution >= 0.6 is 0 Å². The molecule has 1 aliphatic carbocycles. The molecule has 0 bridgehead atoms. The van der Waals surface area contributed by atoms with Crippen LogP contribution in [-0.4, -0.2) is 65.1 Å². The van der Waals surface area contributed by atoms with Crippen LogP contribution in [0.2, 0.25) is 0 Å². The predicted octanol–water partition coefficient (Wildman–Crippen LogP) is 3.18. The fourth-order valence-corrected chi connectivity index (χ4v) is 5.89. The fraction of sp³-hybridized carbons (Fsp3) is 0.481. The van der Waals surface area contributed by atoms with Gasteiger partial charge in [0, 0.05) is 42.9 Å². The van der Waals surface area contributed by atoms with Crippen molar-refractivity contribution in [3.8, 4) is 0 Å². The first kappa shape index (κ1) is 24.2. The van der Waals surface area contributed by atoms with Gasteiger partial charge in [0.25, 0.3) is 5.91 Å². The summed E-state index contributed by atoms with van der Waals surface area (Å²) in [6.07, 6.45) is 1.77. The molecule has 36 heavy (non-hydrogen) atoms. The van der Waals surface area contributed by atoms with Crippen molar-refractivity contribution in [1.29, 1.82) is 0 Å². The molecule has 0 N–H and O–H groups in total. The van der Waals surface area contributed by atoms with Gasteiger partial charge < -0.3 is 18.9 Å². The minimum atomic E-state index is -1.56. The summed E-state index contributed by atoms with van der Waals surface area (Å²) in [6, 6.07) is 8.54. The van der Waals surface area contributed by atoms with E-state index in [4.69, 9.17) is 9.47 Å². The molecule has 0 radical (unpaired) electrons. The third kappa shape index (κ3) is 3.56. The molecule has 0 unspecified atom stereocenters. The monoisotopic (exact) mass is 493 g/mol. The number of benzene rings is 1. The van der Waals surface area contributed by atoms with E-state index in [-0.39, 0.29) is 42.5 Å². The van der Waals surface area contributed by atoms with Crippen LogP contribution in [-0.2, 0) is 19.1 Å². The normalized spacial score (nSPS) is 21.9. The highest BCUT2D eigenvalue weighted by atomic mass is 16.5. The SMILES string of the molecule is COC[C@@H](C)n1c(C)cc(C(=O)COC(=O)[C@@]23CCC(=O)N2c2ccccc2C(=O)N3C2CC2)c1C. The number of amides is 2. The highest BCUT2D eigenvalue weighted by Crippen LogP contribution is 2.49. The Hall–Kier alpha value is -3.46. The zero-order valence-corrected chi connectivity index (χ0v) is 21.1. The molecule has 2 atom stereocenters. The summed E-state index contributed by atoms with van der Waals surface area (Å²) in [4.78, 5) is 56.4. The summed E-state index contributed by atoms with van der Waals surface area (Å²) in [6.45, 7) is 5.81. The van der Waals surface area contributed by atoms with Gasteiger partial charge in [0.2, 0.25) is 17.4 Å². The third-order valence-corrected chi connectivity index (χ3v) is 7.51. The highest BCUT2D eigenvalue weighted by Gasteiger charge is 2.64. The molecule has 1 saturated carbocycles. The first-order valence-electron chi connectivity index (χ1n) is 12.4. The molecule has 3 heterocycles. The Bertz CT molecular complexity index is 1260. The number of aryl methyl sites for hydroxylation is 1. The highest BCUT2D eigenvalue weighted by molar-refractivity contribution is 6.16. The van der Waals surface area contributed by atoms with Crippen molar-refractivity contribution in [1.82, 2.24) is 9.47 Å². The molecule has 9 nitrogen and oxygen atoms in total. The average molecular weight is 494 g/mol. The Morgan fingerprint density at radius 3 is 2.58 bits per heavy atom. The second-order valence-electron chi connectivity index (χ2n) is 9.93. The maximum Gasteiger partial charge on any atom is 0.354 e. The number of esters is 1. The third-order valence-electron chi connectivity index (χ3n) is 7.51. The van der Waals surface area contributed by atoms with Crippen LogP contribution in [0, 0.1) is 13.8 Å². The van der Waals surface area contributed by atoms with E-state index in [1.807, 2.05) is 25.3 Å². The Balaban J connectivity index is 1.43. The summed E-state index contributed by atoms with van der Waals surface area (Å²) in [5.74, 6) is -1.59. The van der Waals surface area contributed by atoms with E-state index in [2.05, 4.69) is 0 Å². The standard InChI is InChI=1S/C27H31N3O6/c1-16-13-21(18(3)28(16)17(2)14-35-4)23(31)15-36-26(34)27-12-11-24(32)30(27)22-8-6-5-7-20(22)25(33)29(27)19-9-10-19/h5-8,13,17,19H,9-12,14-15H2,1-4H3/t17-,27-/m1/s1. The molecule has 1 saturated heterocycles. The van der Waals surface area contributed by atoms with Crippen LogP contribution in [0.1, 0.15) is 70.8 Å². The van der Waals surface area contributed by atoms with Crippen molar-refractivity contribution in [2.45, 2.75) is 64.2 Å². The van der Waals surface area contributed by atoms with E-state index in [9.17, 15) is 19.2 Å². The van der Waals surface area contributed by atoms with Crippen molar-refractivity contribution in [2.24, 2.45) is 0 Å². The second-order valence-corrected chi connectivity index (χ2v) is 9.93. The van der Waals surface area contributed by atoms with Gasteiger partial charge >= 0.3 is 5.97 Å². The zero-order chi connectivity index (χ0) is 25.8. The summed E-state index contributed by atoms with van der Waals surface area (Å²) < 4.78 is 12.9. The number of aromatic nitrogens is 1. The van der Waals surface area contributed by atoms with E-state index in [0.717, 1.165) is 24.2 Å². The summed E-state index contributed by atoms with van der Waals surface area (Å²) in [5.41, 5.74) is 1.41. The largest absolute Gasteiger partial charge is 0.454 e. The first-order valence-corrected chi connectivity index (χ1v) is 12.4. The molecule has 3 aliphatic rings. The number of hydrogen-bond donors (Lipinski definition) is 0. The molecule has 1 aromatic carbocycles. The lowest BCUT2D eigenvalue weighted by Crippen LogP contribution is -2.69. The topological polar surface area (TPSA) is 98.1 Å². The van der Waals surface area contributed by atoms with Gasteiger partial charge in [-0.25, -0.2) is 4.79 Å². The number of ether oxygens (including phenoxy) is 2. The maximum atomic E-state index is 13.7. The number of carbonyl (C=O) groups excluding carboxylic acids is 4. The van der Waals surface area contributed by atoms with Crippen LogP contribution < -0.4 is 4.90 Å². The second kappa shape index (κ2) is 8.89. The lowest BCUT2D eigenvalue weighted by atomic mass is 9.96. The van der Waals surface area contributed by atoms with Gasteiger partial charge in [0.15, 0.2) is 6.61 Å². The smallest absolute Gasteiger partial charge is 0.354 e.